The lowest BCUT2D eigenvalue weighted by Gasteiger charge is -2.21. The molecule has 1 aromatic heterocycles. The van der Waals surface area contributed by atoms with Gasteiger partial charge in [0.2, 0.25) is 11.8 Å². The van der Waals surface area contributed by atoms with Crippen LogP contribution < -0.4 is 10.2 Å². The zero-order valence-electron chi connectivity index (χ0n) is 18.9. The Kier molecular flexibility index (Phi) is 6.85. The molecule has 2 aromatic carbocycles. The first kappa shape index (κ1) is 22.0. The molecule has 1 unspecified atom stereocenters. The lowest BCUT2D eigenvalue weighted by molar-refractivity contribution is -0.122. The van der Waals surface area contributed by atoms with E-state index in [2.05, 4.69) is 41.2 Å². The van der Waals surface area contributed by atoms with Gasteiger partial charge in [-0.3, -0.25) is 4.79 Å². The second-order valence-corrected chi connectivity index (χ2v) is 7.94. The lowest BCUT2D eigenvalue weighted by atomic mass is 9.90. The predicted molar refractivity (Wildman–Crippen MR) is 126 cm³/mol. The first-order chi connectivity index (χ1) is 15.6. The average Bonchev–Trinajstić information content (AvgIpc) is 3.25. The van der Waals surface area contributed by atoms with Crippen molar-refractivity contribution in [2.75, 3.05) is 26.2 Å². The molecule has 3 aromatic rings. The lowest BCUT2D eigenvalue weighted by Crippen LogP contribution is -2.33. The molecule has 0 aliphatic carbocycles. The van der Waals surface area contributed by atoms with Gasteiger partial charge in [0.1, 0.15) is 17.9 Å². The van der Waals surface area contributed by atoms with Crippen molar-refractivity contribution in [3.05, 3.63) is 48.0 Å². The number of amides is 1. The highest BCUT2D eigenvalue weighted by atomic mass is 16.5. The molecule has 0 radical (unpaired) electrons. The Morgan fingerprint density at radius 1 is 1.09 bits per heavy atom. The molecule has 168 valence electrons. The Morgan fingerprint density at radius 3 is 2.56 bits per heavy atom. The molecule has 1 aliphatic rings. The minimum absolute atomic E-state index is 0.0379. The van der Waals surface area contributed by atoms with Gasteiger partial charge in [0.15, 0.2) is 5.58 Å². The number of oxazole rings is 1. The quantitative estimate of drug-likeness (QED) is 0.538. The molecule has 2 heterocycles. The molecular weight excluding hydrogens is 404 g/mol. The molecule has 7 heteroatoms. The molecule has 0 saturated heterocycles. The highest BCUT2D eigenvalue weighted by Crippen LogP contribution is 2.28. The standard InChI is InChI=1S/C25H30N4O3/c1-4-17-16-23(30)27-28-24(17)19-9-12-21-22(15-19)32-25(26-21)18-7-10-20(11-8-18)31-14-13-29(5-2)6-3/h7-12,15,17H,4-6,13-14,16H2,1-3H3,(H,27,30). The van der Waals surface area contributed by atoms with Crippen molar-refractivity contribution in [3.63, 3.8) is 0 Å². The molecule has 0 saturated carbocycles. The first-order valence-electron chi connectivity index (χ1n) is 11.3. The SMILES string of the molecule is CCC1CC(=O)NN=C1c1ccc2nc(-c3ccc(OCCN(CC)CC)cc3)oc2c1. The van der Waals surface area contributed by atoms with Crippen molar-refractivity contribution in [2.45, 2.75) is 33.6 Å². The Hall–Kier alpha value is -3.19. The van der Waals surface area contributed by atoms with E-state index in [0.717, 1.165) is 54.2 Å². The third kappa shape index (κ3) is 4.83. The fourth-order valence-electron chi connectivity index (χ4n) is 3.95. The fraction of sp³-hybridized carbons (Fsp3) is 0.400. The van der Waals surface area contributed by atoms with E-state index in [1.165, 1.54) is 0 Å². The zero-order valence-corrected chi connectivity index (χ0v) is 18.9. The van der Waals surface area contributed by atoms with Gasteiger partial charge in [-0.15, -0.1) is 0 Å². The third-order valence-corrected chi connectivity index (χ3v) is 5.97. The van der Waals surface area contributed by atoms with Crippen LogP contribution in [0.2, 0.25) is 0 Å². The van der Waals surface area contributed by atoms with Crippen molar-refractivity contribution in [2.24, 2.45) is 11.0 Å². The van der Waals surface area contributed by atoms with Gasteiger partial charge < -0.3 is 14.1 Å². The molecule has 4 rings (SSSR count). The summed E-state index contributed by atoms with van der Waals surface area (Å²) in [5.74, 6) is 1.47. The second kappa shape index (κ2) is 9.96. The maximum atomic E-state index is 11.7. The largest absolute Gasteiger partial charge is 0.492 e. The number of nitrogens with one attached hydrogen (secondary N) is 1. The van der Waals surface area contributed by atoms with Crippen LogP contribution in [0.5, 0.6) is 5.75 Å². The Morgan fingerprint density at radius 2 is 1.84 bits per heavy atom. The smallest absolute Gasteiger partial charge is 0.240 e. The average molecular weight is 435 g/mol. The molecule has 32 heavy (non-hydrogen) atoms. The van der Waals surface area contributed by atoms with Crippen LogP contribution in [0.25, 0.3) is 22.6 Å². The van der Waals surface area contributed by atoms with Gasteiger partial charge in [0.05, 0.1) is 5.71 Å². The van der Waals surface area contributed by atoms with Crippen LogP contribution in [-0.4, -0.2) is 47.7 Å². The maximum Gasteiger partial charge on any atom is 0.240 e. The van der Waals surface area contributed by atoms with Gasteiger partial charge in [0, 0.05) is 30.0 Å². The molecule has 0 spiro atoms. The summed E-state index contributed by atoms with van der Waals surface area (Å²) in [6, 6.07) is 13.7. The molecular formula is C25H30N4O3. The number of fused-ring (bicyclic) bond motifs is 1. The van der Waals surface area contributed by atoms with Gasteiger partial charge in [-0.2, -0.15) is 5.10 Å². The summed E-state index contributed by atoms with van der Waals surface area (Å²) < 4.78 is 11.9. The molecule has 1 amide bonds. The van der Waals surface area contributed by atoms with Crippen molar-refractivity contribution in [1.82, 2.24) is 15.3 Å². The van der Waals surface area contributed by atoms with Crippen LogP contribution in [-0.2, 0) is 4.79 Å². The zero-order chi connectivity index (χ0) is 22.5. The molecule has 0 bridgehead atoms. The highest BCUT2D eigenvalue weighted by molar-refractivity contribution is 6.07. The van der Waals surface area contributed by atoms with Crippen LogP contribution in [0.4, 0.5) is 0 Å². The number of aromatic nitrogens is 1. The number of hydrazone groups is 1. The van der Waals surface area contributed by atoms with Crippen LogP contribution >= 0.6 is 0 Å². The summed E-state index contributed by atoms with van der Waals surface area (Å²) in [5.41, 5.74) is 6.82. The summed E-state index contributed by atoms with van der Waals surface area (Å²) in [6.07, 6.45) is 1.31. The molecule has 1 atom stereocenters. The fourth-order valence-corrected chi connectivity index (χ4v) is 3.95. The summed E-state index contributed by atoms with van der Waals surface area (Å²) in [6.45, 7) is 10.0. The summed E-state index contributed by atoms with van der Waals surface area (Å²) in [4.78, 5) is 18.6. The summed E-state index contributed by atoms with van der Waals surface area (Å²) >= 11 is 0. The van der Waals surface area contributed by atoms with Crippen molar-refractivity contribution in [1.29, 1.82) is 0 Å². The van der Waals surface area contributed by atoms with Crippen LogP contribution in [0.15, 0.2) is 52.0 Å². The summed E-state index contributed by atoms with van der Waals surface area (Å²) in [5, 5.41) is 4.30. The van der Waals surface area contributed by atoms with Gasteiger partial charge in [-0.05, 0) is 55.9 Å². The van der Waals surface area contributed by atoms with E-state index in [1.807, 2.05) is 42.5 Å². The van der Waals surface area contributed by atoms with E-state index in [-0.39, 0.29) is 11.8 Å². The van der Waals surface area contributed by atoms with Crippen LogP contribution in [0.3, 0.4) is 0 Å². The van der Waals surface area contributed by atoms with E-state index < -0.39 is 0 Å². The Balaban J connectivity index is 1.49. The van der Waals surface area contributed by atoms with E-state index in [4.69, 9.17) is 9.15 Å². The number of nitrogens with zero attached hydrogens (tertiary/aromatic N) is 3. The van der Waals surface area contributed by atoms with Crippen LogP contribution in [0, 0.1) is 5.92 Å². The molecule has 1 aliphatic heterocycles. The number of rotatable bonds is 9. The highest BCUT2D eigenvalue weighted by Gasteiger charge is 2.24. The number of carbonyl (C=O) groups is 1. The van der Waals surface area contributed by atoms with Gasteiger partial charge in [0.25, 0.3) is 0 Å². The normalized spacial score (nSPS) is 16.3. The molecule has 1 N–H and O–H groups in total. The van der Waals surface area contributed by atoms with Crippen molar-refractivity contribution < 1.29 is 13.9 Å². The Bertz CT molecular complexity index is 1100. The Labute approximate surface area is 188 Å². The van der Waals surface area contributed by atoms with E-state index in [0.29, 0.717) is 24.5 Å². The van der Waals surface area contributed by atoms with E-state index in [9.17, 15) is 4.79 Å². The van der Waals surface area contributed by atoms with Crippen molar-refractivity contribution >= 4 is 22.7 Å². The number of carbonyl (C=O) groups excluding carboxylic acids is 1. The minimum atomic E-state index is -0.0379. The number of benzene rings is 2. The minimum Gasteiger partial charge on any atom is -0.492 e. The molecule has 7 nitrogen and oxygen atoms in total. The predicted octanol–water partition coefficient (Wildman–Crippen LogP) is 4.47. The second-order valence-electron chi connectivity index (χ2n) is 7.94. The maximum absolute atomic E-state index is 11.7. The summed E-state index contributed by atoms with van der Waals surface area (Å²) in [7, 11) is 0. The van der Waals surface area contributed by atoms with Gasteiger partial charge in [-0.25, -0.2) is 10.4 Å². The van der Waals surface area contributed by atoms with Gasteiger partial charge >= 0.3 is 0 Å². The monoisotopic (exact) mass is 434 g/mol. The number of likely N-dealkylation sites (N-methyl/N-ethyl adjacent to an activating group) is 1. The van der Waals surface area contributed by atoms with Gasteiger partial charge in [-0.1, -0.05) is 26.8 Å². The topological polar surface area (TPSA) is 80.0 Å². The third-order valence-electron chi connectivity index (χ3n) is 5.97. The number of ether oxygens (including phenoxy) is 1. The van der Waals surface area contributed by atoms with Crippen LogP contribution in [0.1, 0.15) is 39.2 Å². The molecule has 0 fully saturated rings. The van der Waals surface area contributed by atoms with Crippen molar-refractivity contribution in [3.8, 4) is 17.2 Å². The van der Waals surface area contributed by atoms with E-state index >= 15 is 0 Å². The first-order valence-corrected chi connectivity index (χ1v) is 11.3. The number of hydrogen-bond acceptors (Lipinski definition) is 6. The van der Waals surface area contributed by atoms with E-state index in [1.54, 1.807) is 0 Å². The number of hydrogen-bond donors (Lipinski definition) is 1.